The Morgan fingerprint density at radius 1 is 1.53 bits per heavy atom. The molecule has 1 fully saturated rings. The van der Waals surface area contributed by atoms with Crippen LogP contribution in [0.1, 0.15) is 18.4 Å². The van der Waals surface area contributed by atoms with Gasteiger partial charge in [0.15, 0.2) is 0 Å². The van der Waals surface area contributed by atoms with Crippen molar-refractivity contribution in [3.8, 4) is 0 Å². The molecule has 0 radical (unpaired) electrons. The van der Waals surface area contributed by atoms with Crippen molar-refractivity contribution in [1.82, 2.24) is 0 Å². The van der Waals surface area contributed by atoms with E-state index in [0.717, 1.165) is 0 Å². The summed E-state index contributed by atoms with van der Waals surface area (Å²) in [6, 6.07) is 4.37. The molecule has 1 aliphatic rings. The maximum atomic E-state index is 13.6. The summed E-state index contributed by atoms with van der Waals surface area (Å²) in [5.41, 5.74) is -0.373. The Bertz CT molecular complexity index is 413. The molecular formula is C11H10ClFO2. The molecule has 2 nitrogen and oxygen atoms in total. The van der Waals surface area contributed by atoms with Crippen LogP contribution >= 0.6 is 11.6 Å². The van der Waals surface area contributed by atoms with E-state index in [0.29, 0.717) is 23.4 Å². The number of carbonyl (C=O) groups is 1. The van der Waals surface area contributed by atoms with Gasteiger partial charge in [0.2, 0.25) is 0 Å². The molecule has 0 bridgehead atoms. The van der Waals surface area contributed by atoms with E-state index in [1.165, 1.54) is 13.2 Å². The van der Waals surface area contributed by atoms with Gasteiger partial charge in [0.05, 0.1) is 12.5 Å². The first-order chi connectivity index (χ1) is 7.10. The summed E-state index contributed by atoms with van der Waals surface area (Å²) in [6.45, 7) is 0. The van der Waals surface area contributed by atoms with Crippen molar-refractivity contribution >= 4 is 17.6 Å². The van der Waals surface area contributed by atoms with E-state index in [9.17, 15) is 9.18 Å². The van der Waals surface area contributed by atoms with Crippen LogP contribution in [0, 0.1) is 5.82 Å². The number of halogens is 2. The van der Waals surface area contributed by atoms with E-state index < -0.39 is 11.2 Å². The fourth-order valence-corrected chi connectivity index (χ4v) is 1.94. The van der Waals surface area contributed by atoms with Crippen molar-refractivity contribution in [1.29, 1.82) is 0 Å². The van der Waals surface area contributed by atoms with Gasteiger partial charge in [-0.2, -0.15) is 0 Å². The van der Waals surface area contributed by atoms with Crippen LogP contribution in [0.25, 0.3) is 0 Å². The maximum absolute atomic E-state index is 13.6. The highest BCUT2D eigenvalue weighted by Gasteiger charge is 2.53. The Morgan fingerprint density at radius 2 is 2.20 bits per heavy atom. The molecule has 1 aliphatic carbocycles. The SMILES string of the molecule is COC(=O)C1(c2ccc(Cl)cc2F)CC1. The summed E-state index contributed by atoms with van der Waals surface area (Å²) in [5.74, 6) is -0.811. The molecule has 0 aromatic heterocycles. The van der Waals surface area contributed by atoms with Crippen LogP contribution in [-0.4, -0.2) is 13.1 Å². The van der Waals surface area contributed by atoms with Gasteiger partial charge in [-0.25, -0.2) is 4.39 Å². The predicted molar refractivity (Wildman–Crippen MR) is 54.3 cm³/mol. The molecule has 0 N–H and O–H groups in total. The lowest BCUT2D eigenvalue weighted by atomic mass is 9.95. The van der Waals surface area contributed by atoms with Gasteiger partial charge in [0.1, 0.15) is 5.82 Å². The average Bonchev–Trinajstić information content (AvgIpc) is 2.97. The predicted octanol–water partition coefficient (Wildman–Crippen LogP) is 2.68. The zero-order valence-corrected chi connectivity index (χ0v) is 8.97. The van der Waals surface area contributed by atoms with E-state index in [1.54, 1.807) is 12.1 Å². The Labute approximate surface area is 92.0 Å². The van der Waals surface area contributed by atoms with Crippen LogP contribution in [0.2, 0.25) is 5.02 Å². The third-order valence-corrected chi connectivity index (χ3v) is 3.01. The molecule has 0 amide bonds. The van der Waals surface area contributed by atoms with Crippen molar-refractivity contribution < 1.29 is 13.9 Å². The van der Waals surface area contributed by atoms with Gasteiger partial charge in [0.25, 0.3) is 0 Å². The molecule has 0 spiro atoms. The third kappa shape index (κ3) is 1.61. The second-order valence-corrected chi connectivity index (χ2v) is 4.13. The molecule has 2 rings (SSSR count). The van der Waals surface area contributed by atoms with Crippen LogP contribution in [-0.2, 0) is 14.9 Å². The molecule has 0 atom stereocenters. The molecule has 15 heavy (non-hydrogen) atoms. The largest absolute Gasteiger partial charge is 0.468 e. The van der Waals surface area contributed by atoms with Crippen LogP contribution in [0.15, 0.2) is 18.2 Å². The van der Waals surface area contributed by atoms with Crippen molar-refractivity contribution in [2.24, 2.45) is 0 Å². The number of esters is 1. The van der Waals surface area contributed by atoms with E-state index in [1.807, 2.05) is 0 Å². The Morgan fingerprint density at radius 3 is 2.67 bits per heavy atom. The smallest absolute Gasteiger partial charge is 0.316 e. The highest BCUT2D eigenvalue weighted by Crippen LogP contribution is 2.50. The molecule has 1 saturated carbocycles. The van der Waals surface area contributed by atoms with E-state index in [4.69, 9.17) is 11.6 Å². The molecular weight excluding hydrogens is 219 g/mol. The van der Waals surface area contributed by atoms with E-state index in [-0.39, 0.29) is 5.97 Å². The highest BCUT2D eigenvalue weighted by molar-refractivity contribution is 6.30. The molecule has 1 aromatic carbocycles. The Hall–Kier alpha value is -1.09. The van der Waals surface area contributed by atoms with Crippen LogP contribution in [0.4, 0.5) is 4.39 Å². The fraction of sp³-hybridized carbons (Fsp3) is 0.364. The van der Waals surface area contributed by atoms with Gasteiger partial charge >= 0.3 is 5.97 Å². The van der Waals surface area contributed by atoms with Crippen molar-refractivity contribution in [3.05, 3.63) is 34.6 Å². The summed E-state index contributed by atoms with van der Waals surface area (Å²) in [4.78, 5) is 11.5. The van der Waals surface area contributed by atoms with E-state index >= 15 is 0 Å². The number of benzene rings is 1. The monoisotopic (exact) mass is 228 g/mol. The van der Waals surface area contributed by atoms with Crippen molar-refractivity contribution in [3.63, 3.8) is 0 Å². The highest BCUT2D eigenvalue weighted by atomic mass is 35.5. The van der Waals surface area contributed by atoms with Gasteiger partial charge < -0.3 is 4.74 Å². The maximum Gasteiger partial charge on any atom is 0.316 e. The van der Waals surface area contributed by atoms with Gasteiger partial charge in [0, 0.05) is 10.6 Å². The number of ether oxygens (including phenoxy) is 1. The van der Waals surface area contributed by atoms with Crippen LogP contribution < -0.4 is 0 Å². The molecule has 0 saturated heterocycles. The standard InChI is InChI=1S/C11H10ClFO2/c1-15-10(14)11(4-5-11)8-3-2-7(12)6-9(8)13/h2-3,6H,4-5H2,1H3. The van der Waals surface area contributed by atoms with E-state index in [2.05, 4.69) is 4.74 Å². The first-order valence-corrected chi connectivity index (χ1v) is 5.02. The number of hydrogen-bond acceptors (Lipinski definition) is 2. The second-order valence-electron chi connectivity index (χ2n) is 3.70. The second kappa shape index (κ2) is 3.49. The molecule has 0 aliphatic heterocycles. The topological polar surface area (TPSA) is 26.3 Å². The Kier molecular flexibility index (Phi) is 2.43. The van der Waals surface area contributed by atoms with Gasteiger partial charge in [-0.3, -0.25) is 4.79 Å². The van der Waals surface area contributed by atoms with Gasteiger partial charge in [-0.05, 0) is 25.0 Å². The lowest BCUT2D eigenvalue weighted by molar-refractivity contribution is -0.143. The zero-order chi connectivity index (χ0) is 11.1. The Balaban J connectivity index is 2.42. The quantitative estimate of drug-likeness (QED) is 0.728. The number of rotatable bonds is 2. The number of carbonyl (C=O) groups excluding carboxylic acids is 1. The fourth-order valence-electron chi connectivity index (χ4n) is 1.78. The van der Waals surface area contributed by atoms with Crippen molar-refractivity contribution in [2.45, 2.75) is 18.3 Å². The summed E-state index contributed by atoms with van der Waals surface area (Å²) >= 11 is 5.64. The normalized spacial score (nSPS) is 17.3. The molecule has 1 aromatic rings. The third-order valence-electron chi connectivity index (χ3n) is 2.77. The first kappa shape index (κ1) is 10.4. The molecule has 0 heterocycles. The minimum absolute atomic E-state index is 0.330. The van der Waals surface area contributed by atoms with Crippen molar-refractivity contribution in [2.75, 3.05) is 7.11 Å². The summed E-state index contributed by atoms with van der Waals surface area (Å²) in [5, 5.41) is 0.330. The number of hydrogen-bond donors (Lipinski definition) is 0. The minimum atomic E-state index is -0.760. The zero-order valence-electron chi connectivity index (χ0n) is 8.22. The lowest BCUT2D eigenvalue weighted by Crippen LogP contribution is -2.23. The van der Waals surface area contributed by atoms with Gasteiger partial charge in [-0.15, -0.1) is 0 Å². The molecule has 80 valence electrons. The summed E-state index contributed by atoms with van der Waals surface area (Å²) < 4.78 is 18.3. The molecule has 4 heteroatoms. The first-order valence-electron chi connectivity index (χ1n) is 4.64. The van der Waals surface area contributed by atoms with Gasteiger partial charge in [-0.1, -0.05) is 17.7 Å². The summed E-state index contributed by atoms with van der Waals surface area (Å²) in [7, 11) is 1.32. The minimum Gasteiger partial charge on any atom is -0.468 e. The number of methoxy groups -OCH3 is 1. The van der Waals surface area contributed by atoms with Crippen LogP contribution in [0.5, 0.6) is 0 Å². The lowest BCUT2D eigenvalue weighted by Gasteiger charge is -2.13. The van der Waals surface area contributed by atoms with Crippen LogP contribution in [0.3, 0.4) is 0 Å². The molecule has 0 unspecified atom stereocenters. The summed E-state index contributed by atoms with van der Waals surface area (Å²) in [6.07, 6.45) is 1.27. The average molecular weight is 229 g/mol.